The molecule has 0 aliphatic carbocycles. The standard InChI is InChI=1S/C18H23FN4O2/c1-22(11-14-5-4-10-25-13-14)18(24)21-17-8-9-20-23(17)12-15-6-2-3-7-16(15)19/h2-3,6-9,14H,4-5,10-13H2,1H3,(H,21,24). The minimum atomic E-state index is -0.287. The SMILES string of the molecule is CN(CC1CCCOC1)C(=O)Nc1ccnn1Cc1ccccc1F. The number of urea groups is 1. The van der Waals surface area contributed by atoms with Gasteiger partial charge in [-0.3, -0.25) is 5.32 Å². The number of rotatable bonds is 5. The van der Waals surface area contributed by atoms with E-state index < -0.39 is 0 Å². The molecule has 1 saturated heterocycles. The molecule has 0 spiro atoms. The van der Waals surface area contributed by atoms with Crippen LogP contribution in [-0.2, 0) is 11.3 Å². The first-order valence-electron chi connectivity index (χ1n) is 8.48. The zero-order valence-corrected chi connectivity index (χ0v) is 14.3. The summed E-state index contributed by atoms with van der Waals surface area (Å²) in [6.07, 6.45) is 3.70. The lowest BCUT2D eigenvalue weighted by Crippen LogP contribution is -2.38. The van der Waals surface area contributed by atoms with Crippen LogP contribution in [0.15, 0.2) is 36.5 Å². The van der Waals surface area contributed by atoms with Crippen molar-refractivity contribution in [2.75, 3.05) is 32.1 Å². The highest BCUT2D eigenvalue weighted by Crippen LogP contribution is 2.16. The molecule has 2 amide bonds. The van der Waals surface area contributed by atoms with Crippen LogP contribution >= 0.6 is 0 Å². The van der Waals surface area contributed by atoms with Gasteiger partial charge in [-0.1, -0.05) is 18.2 Å². The summed E-state index contributed by atoms with van der Waals surface area (Å²) in [6, 6.07) is 8.04. The number of halogens is 1. The van der Waals surface area contributed by atoms with Gasteiger partial charge < -0.3 is 9.64 Å². The predicted octanol–water partition coefficient (Wildman–Crippen LogP) is 2.96. The molecule has 0 radical (unpaired) electrons. The molecular formula is C18H23FN4O2. The van der Waals surface area contributed by atoms with Crippen molar-refractivity contribution in [1.29, 1.82) is 0 Å². The molecule has 2 aromatic rings. The van der Waals surface area contributed by atoms with Gasteiger partial charge in [-0.15, -0.1) is 0 Å². The van der Waals surface area contributed by atoms with Crippen molar-refractivity contribution in [2.24, 2.45) is 5.92 Å². The number of anilines is 1. The van der Waals surface area contributed by atoms with Crippen LogP contribution in [0, 0.1) is 11.7 Å². The number of nitrogens with zero attached hydrogens (tertiary/aromatic N) is 3. The number of amides is 2. The Hall–Kier alpha value is -2.41. The second-order valence-corrected chi connectivity index (χ2v) is 6.36. The lowest BCUT2D eigenvalue weighted by Gasteiger charge is -2.27. The summed E-state index contributed by atoms with van der Waals surface area (Å²) in [7, 11) is 1.77. The van der Waals surface area contributed by atoms with Crippen LogP contribution in [0.4, 0.5) is 15.0 Å². The van der Waals surface area contributed by atoms with Gasteiger partial charge in [0.05, 0.1) is 19.3 Å². The van der Waals surface area contributed by atoms with Crippen molar-refractivity contribution in [2.45, 2.75) is 19.4 Å². The van der Waals surface area contributed by atoms with Crippen molar-refractivity contribution < 1.29 is 13.9 Å². The molecule has 1 aromatic heterocycles. The molecule has 2 heterocycles. The minimum absolute atomic E-state index is 0.208. The van der Waals surface area contributed by atoms with Gasteiger partial charge >= 0.3 is 6.03 Å². The third-order valence-corrected chi connectivity index (χ3v) is 4.36. The Labute approximate surface area is 146 Å². The Morgan fingerprint density at radius 1 is 1.44 bits per heavy atom. The van der Waals surface area contributed by atoms with Crippen molar-refractivity contribution in [3.05, 3.63) is 47.9 Å². The number of nitrogens with one attached hydrogen (secondary N) is 1. The number of aromatic nitrogens is 2. The number of carbonyl (C=O) groups excluding carboxylic acids is 1. The van der Waals surface area contributed by atoms with E-state index in [1.165, 1.54) is 6.07 Å². The zero-order valence-electron chi connectivity index (χ0n) is 14.3. The number of ether oxygens (including phenoxy) is 1. The minimum Gasteiger partial charge on any atom is -0.381 e. The van der Waals surface area contributed by atoms with Crippen LogP contribution in [0.25, 0.3) is 0 Å². The maximum Gasteiger partial charge on any atom is 0.322 e. The van der Waals surface area contributed by atoms with Gasteiger partial charge in [-0.05, 0) is 18.9 Å². The largest absolute Gasteiger partial charge is 0.381 e. The van der Waals surface area contributed by atoms with E-state index in [1.54, 1.807) is 47.1 Å². The number of hydrogen-bond acceptors (Lipinski definition) is 3. The van der Waals surface area contributed by atoms with Gasteiger partial charge in [0.2, 0.25) is 0 Å². The van der Waals surface area contributed by atoms with E-state index in [4.69, 9.17) is 4.74 Å². The van der Waals surface area contributed by atoms with Crippen LogP contribution in [0.1, 0.15) is 18.4 Å². The van der Waals surface area contributed by atoms with E-state index in [1.807, 2.05) is 0 Å². The smallest absolute Gasteiger partial charge is 0.322 e. The molecule has 1 unspecified atom stereocenters. The maximum absolute atomic E-state index is 13.8. The molecule has 0 saturated carbocycles. The average molecular weight is 346 g/mol. The molecular weight excluding hydrogens is 323 g/mol. The van der Waals surface area contributed by atoms with E-state index in [-0.39, 0.29) is 18.4 Å². The molecule has 25 heavy (non-hydrogen) atoms. The molecule has 7 heteroatoms. The first kappa shape index (κ1) is 17.4. The van der Waals surface area contributed by atoms with Crippen molar-refractivity contribution in [3.8, 4) is 0 Å². The van der Waals surface area contributed by atoms with Crippen LogP contribution in [0.5, 0.6) is 0 Å². The molecule has 1 N–H and O–H groups in total. The number of benzene rings is 1. The van der Waals surface area contributed by atoms with Crippen LogP contribution in [0.3, 0.4) is 0 Å². The first-order chi connectivity index (χ1) is 12.1. The first-order valence-corrected chi connectivity index (χ1v) is 8.48. The van der Waals surface area contributed by atoms with Gasteiger partial charge in [0, 0.05) is 37.7 Å². The van der Waals surface area contributed by atoms with E-state index in [0.717, 1.165) is 19.4 Å². The van der Waals surface area contributed by atoms with Crippen LogP contribution in [0.2, 0.25) is 0 Å². The Kier molecular flexibility index (Phi) is 5.65. The Morgan fingerprint density at radius 2 is 2.28 bits per heavy atom. The molecule has 1 aliphatic rings. The van der Waals surface area contributed by atoms with Crippen LogP contribution < -0.4 is 5.32 Å². The fraction of sp³-hybridized carbons (Fsp3) is 0.444. The molecule has 1 aromatic carbocycles. The second-order valence-electron chi connectivity index (χ2n) is 6.36. The van der Waals surface area contributed by atoms with Gasteiger partial charge in [0.15, 0.2) is 0 Å². The van der Waals surface area contributed by atoms with Crippen molar-refractivity contribution >= 4 is 11.8 Å². The van der Waals surface area contributed by atoms with E-state index in [9.17, 15) is 9.18 Å². The topological polar surface area (TPSA) is 59.4 Å². The third-order valence-electron chi connectivity index (χ3n) is 4.36. The highest BCUT2D eigenvalue weighted by molar-refractivity contribution is 5.88. The maximum atomic E-state index is 13.8. The van der Waals surface area contributed by atoms with E-state index >= 15 is 0 Å². The summed E-state index contributed by atoms with van der Waals surface area (Å²) in [5.74, 6) is 0.623. The summed E-state index contributed by atoms with van der Waals surface area (Å²) in [5.41, 5.74) is 0.523. The van der Waals surface area contributed by atoms with Gasteiger partial charge in [-0.2, -0.15) is 5.10 Å². The highest BCUT2D eigenvalue weighted by Gasteiger charge is 2.19. The Balaban J connectivity index is 1.60. The molecule has 1 atom stereocenters. The summed E-state index contributed by atoms with van der Waals surface area (Å²) >= 11 is 0. The number of hydrogen-bond donors (Lipinski definition) is 1. The normalized spacial score (nSPS) is 17.3. The summed E-state index contributed by atoms with van der Waals surface area (Å²) in [4.78, 5) is 14.1. The molecule has 0 bridgehead atoms. The second kappa shape index (κ2) is 8.11. The monoisotopic (exact) mass is 346 g/mol. The van der Waals surface area contributed by atoms with Gasteiger partial charge in [-0.25, -0.2) is 13.9 Å². The highest BCUT2D eigenvalue weighted by atomic mass is 19.1. The van der Waals surface area contributed by atoms with Crippen molar-refractivity contribution in [1.82, 2.24) is 14.7 Å². The fourth-order valence-corrected chi connectivity index (χ4v) is 2.98. The number of carbonyl (C=O) groups is 1. The summed E-state index contributed by atoms with van der Waals surface area (Å²) in [6.45, 7) is 2.41. The lowest BCUT2D eigenvalue weighted by atomic mass is 10.0. The van der Waals surface area contributed by atoms with E-state index in [2.05, 4.69) is 10.4 Å². The van der Waals surface area contributed by atoms with Crippen molar-refractivity contribution in [3.63, 3.8) is 0 Å². The molecule has 1 aliphatic heterocycles. The quantitative estimate of drug-likeness (QED) is 0.905. The molecule has 3 rings (SSSR count). The lowest BCUT2D eigenvalue weighted by molar-refractivity contribution is 0.0464. The molecule has 1 fully saturated rings. The summed E-state index contributed by atoms with van der Waals surface area (Å²) in [5, 5.41) is 7.02. The zero-order chi connectivity index (χ0) is 17.6. The fourth-order valence-electron chi connectivity index (χ4n) is 2.98. The van der Waals surface area contributed by atoms with E-state index in [0.29, 0.717) is 30.5 Å². The van der Waals surface area contributed by atoms with Crippen LogP contribution in [-0.4, -0.2) is 47.5 Å². The Bertz CT molecular complexity index is 713. The summed E-state index contributed by atoms with van der Waals surface area (Å²) < 4.78 is 20.9. The Morgan fingerprint density at radius 3 is 3.04 bits per heavy atom. The molecule has 134 valence electrons. The third kappa shape index (κ3) is 4.57. The predicted molar refractivity (Wildman–Crippen MR) is 92.9 cm³/mol. The van der Waals surface area contributed by atoms with Gasteiger partial charge in [0.1, 0.15) is 11.6 Å². The molecule has 6 nitrogen and oxygen atoms in total. The average Bonchev–Trinajstić information content (AvgIpc) is 3.04. The van der Waals surface area contributed by atoms with Gasteiger partial charge in [0.25, 0.3) is 0 Å².